The lowest BCUT2D eigenvalue weighted by atomic mass is 9.81. The van der Waals surface area contributed by atoms with Crippen molar-refractivity contribution in [1.82, 2.24) is 35.7 Å². The van der Waals surface area contributed by atoms with Crippen LogP contribution in [0.25, 0.3) is 17.3 Å². The molecule has 0 bridgehead atoms. The molecule has 5 N–H and O–H groups in total. The molecule has 4 aromatic rings. The Balaban J connectivity index is 0.893. The third kappa shape index (κ3) is 15.5. The van der Waals surface area contributed by atoms with Crippen molar-refractivity contribution in [3.8, 4) is 17.0 Å². The van der Waals surface area contributed by atoms with Gasteiger partial charge in [-0.2, -0.15) is 13.2 Å². The number of likely N-dealkylation sites (tertiary alicyclic amines) is 1. The number of alkyl halides is 3. The van der Waals surface area contributed by atoms with E-state index >= 15 is 0 Å². The van der Waals surface area contributed by atoms with E-state index in [0.717, 1.165) is 60.1 Å². The van der Waals surface area contributed by atoms with Crippen molar-refractivity contribution in [2.45, 2.75) is 128 Å². The Morgan fingerprint density at radius 3 is 2.36 bits per heavy atom. The topological polar surface area (TPSA) is 204 Å². The number of hydrogen-bond acceptors (Lipinski definition) is 11. The summed E-state index contributed by atoms with van der Waals surface area (Å²) in [6.45, 7) is 2.60. The number of amides is 6. The molecule has 2 aromatic heterocycles. The Morgan fingerprint density at radius 2 is 1.64 bits per heavy atom. The number of carbonyl (C=O) groups excluding carboxylic acids is 6. The minimum Gasteiger partial charge on any atom is -0.495 e. The van der Waals surface area contributed by atoms with E-state index in [1.165, 1.54) is 13.3 Å². The van der Waals surface area contributed by atoms with Gasteiger partial charge in [0.15, 0.2) is 5.13 Å². The van der Waals surface area contributed by atoms with Crippen molar-refractivity contribution < 1.29 is 46.7 Å². The quantitative estimate of drug-likeness (QED) is 0.0538. The fraction of sp³-hybridized carbons (Fsp3) is 0.500. The van der Waals surface area contributed by atoms with Gasteiger partial charge in [0, 0.05) is 44.2 Å². The van der Waals surface area contributed by atoms with Crippen LogP contribution >= 0.6 is 11.3 Å². The molecule has 408 valence electrons. The van der Waals surface area contributed by atoms with E-state index in [2.05, 4.69) is 31.6 Å². The van der Waals surface area contributed by atoms with Gasteiger partial charge in [0.2, 0.25) is 29.5 Å². The summed E-state index contributed by atoms with van der Waals surface area (Å²) in [5.41, 5.74) is 3.42. The van der Waals surface area contributed by atoms with Gasteiger partial charge in [0.1, 0.15) is 34.2 Å². The summed E-state index contributed by atoms with van der Waals surface area (Å²) in [4.78, 5) is 93.5. The van der Waals surface area contributed by atoms with Crippen LogP contribution in [0.3, 0.4) is 0 Å². The molecule has 0 radical (unpaired) electrons. The van der Waals surface area contributed by atoms with Crippen LogP contribution in [0, 0.1) is 17.8 Å². The zero-order chi connectivity index (χ0) is 54.4. The van der Waals surface area contributed by atoms with Gasteiger partial charge in [-0.05, 0) is 101 Å². The number of likely N-dealkylation sites (N-methyl/N-ethyl adjacent to an activating group) is 2. The van der Waals surface area contributed by atoms with E-state index in [4.69, 9.17) is 9.72 Å². The average Bonchev–Trinajstić information content (AvgIpc) is 4.09. The van der Waals surface area contributed by atoms with Crippen molar-refractivity contribution in [1.29, 1.82) is 0 Å². The molecule has 3 atom stereocenters. The van der Waals surface area contributed by atoms with E-state index in [-0.39, 0.29) is 84.4 Å². The van der Waals surface area contributed by atoms with Crippen LogP contribution in [-0.4, -0.2) is 114 Å². The van der Waals surface area contributed by atoms with Crippen molar-refractivity contribution in [3.05, 3.63) is 95.3 Å². The lowest BCUT2D eigenvalue weighted by Gasteiger charge is -2.35. The van der Waals surface area contributed by atoms with Gasteiger partial charge < -0.3 is 41.1 Å². The number of ether oxygens (including phenoxy) is 1. The van der Waals surface area contributed by atoms with Gasteiger partial charge in [0.25, 0.3) is 5.91 Å². The minimum absolute atomic E-state index is 0.0125. The monoisotopic (exact) mass is 1070 g/mol. The first-order valence-electron chi connectivity index (χ1n) is 26.3. The van der Waals surface area contributed by atoms with Gasteiger partial charge in [-0.1, -0.05) is 97.3 Å². The van der Waals surface area contributed by atoms with E-state index in [0.29, 0.717) is 67.2 Å². The van der Waals surface area contributed by atoms with Crippen LogP contribution in [-0.2, 0) is 36.9 Å². The number of thiazole rings is 1. The summed E-state index contributed by atoms with van der Waals surface area (Å²) < 4.78 is 44.9. The lowest BCUT2D eigenvalue weighted by Crippen LogP contribution is -2.57. The molecule has 3 fully saturated rings. The first-order chi connectivity index (χ1) is 36.5. The number of rotatable bonds is 21. The third-order valence-corrected chi connectivity index (χ3v) is 15.6. The van der Waals surface area contributed by atoms with Crippen LogP contribution < -0.4 is 31.3 Å². The molecule has 16 nitrogen and oxygen atoms in total. The second-order valence-corrected chi connectivity index (χ2v) is 21.1. The van der Waals surface area contributed by atoms with Crippen molar-refractivity contribution in [2.24, 2.45) is 17.8 Å². The maximum Gasteiger partial charge on any atom is 0.391 e. The highest BCUT2D eigenvalue weighted by Crippen LogP contribution is 2.41. The number of benzene rings is 2. The van der Waals surface area contributed by atoms with E-state index in [9.17, 15) is 41.9 Å². The van der Waals surface area contributed by atoms with Gasteiger partial charge in [0.05, 0.1) is 31.7 Å². The Bertz CT molecular complexity index is 2690. The van der Waals surface area contributed by atoms with E-state index in [1.54, 1.807) is 49.0 Å². The van der Waals surface area contributed by atoms with Crippen LogP contribution in [0.15, 0.2) is 72.9 Å². The number of aromatic nitrogens is 2. The second-order valence-electron chi connectivity index (χ2n) is 20.1. The molecule has 2 aliphatic carbocycles. The molecule has 1 saturated heterocycles. The maximum atomic E-state index is 14.3. The van der Waals surface area contributed by atoms with E-state index < -0.39 is 36.1 Å². The molecular weight excluding hydrogens is 1000 g/mol. The van der Waals surface area contributed by atoms with Gasteiger partial charge in [-0.15, -0.1) is 0 Å². The molecule has 3 unspecified atom stereocenters. The van der Waals surface area contributed by atoms with Gasteiger partial charge in [-0.3, -0.25) is 28.8 Å². The Labute approximate surface area is 446 Å². The summed E-state index contributed by atoms with van der Waals surface area (Å²) in [6.07, 6.45) is 8.26. The number of nitrogens with zero attached hydrogens (tertiary/aromatic N) is 4. The van der Waals surface area contributed by atoms with Gasteiger partial charge >= 0.3 is 6.18 Å². The number of halogens is 3. The Kier molecular flexibility index (Phi) is 20.2. The Hall–Kier alpha value is -6.67. The van der Waals surface area contributed by atoms with Crippen molar-refractivity contribution >= 4 is 63.0 Å². The third-order valence-electron chi connectivity index (χ3n) is 14.8. The molecule has 7 rings (SSSR count). The number of methoxy groups -OCH3 is 1. The number of carbonyl (C=O) groups is 6. The summed E-state index contributed by atoms with van der Waals surface area (Å²) in [7, 11) is 4.84. The molecule has 20 heteroatoms. The van der Waals surface area contributed by atoms with Crippen LogP contribution in [0.4, 0.5) is 23.3 Å². The smallest absolute Gasteiger partial charge is 0.391 e. The molecule has 2 aromatic carbocycles. The standard InChI is InChI=1S/C56H70F3N9O7S/c1-35(60-2)50(71)64-49(40-18-9-6-10-19-40)54(74)68-29-12-20-44(68)52(73)66-53-48(39-16-7-5-8-17-39)65-55(76-53)63-46(69)21-13-28-67(3)47(70)31-37-14-11-15-38(30-37)33-62-51(72)43-32-41(45(75-4)34-61-43)25-22-36-23-26-42(27-24-36)56(57,58)59/h5,7-8,11,14-17,22,25,30,32,34-36,40,42,44,49,60H,6,9-10,12-13,18-21,23-24,26-29,31,33H2,1-4H3,(H,62,72)(H,64,71)(H,66,73)(H,63,65,69). The van der Waals surface area contributed by atoms with Crippen LogP contribution in [0.1, 0.15) is 118 Å². The van der Waals surface area contributed by atoms with Crippen molar-refractivity contribution in [2.75, 3.05) is 44.9 Å². The van der Waals surface area contributed by atoms with Gasteiger partial charge in [-0.25, -0.2) is 9.97 Å². The highest BCUT2D eigenvalue weighted by molar-refractivity contribution is 7.20. The lowest BCUT2D eigenvalue weighted by molar-refractivity contribution is -0.183. The number of pyridine rings is 1. The predicted octanol–water partition coefficient (Wildman–Crippen LogP) is 8.55. The predicted molar refractivity (Wildman–Crippen MR) is 286 cm³/mol. The largest absolute Gasteiger partial charge is 0.495 e. The zero-order valence-corrected chi connectivity index (χ0v) is 44.5. The molecule has 2 saturated carbocycles. The summed E-state index contributed by atoms with van der Waals surface area (Å²) >= 11 is 1.12. The number of nitrogens with one attached hydrogen (secondary N) is 5. The average molecular weight is 1070 g/mol. The SMILES string of the molecule is CNC(C)C(=O)NC(C(=O)N1CCCC1C(=O)Nc1sc(NC(=O)CCCN(C)C(=O)Cc2cccc(CNC(=O)c3cc(C=CC4CCC(C(F)(F)F)CC4)c(OC)cn3)c2)nc1-c1ccccc1)C1CCCCC1. The molecule has 0 spiro atoms. The van der Waals surface area contributed by atoms with Crippen LogP contribution in [0.5, 0.6) is 5.75 Å². The van der Waals surface area contributed by atoms with Crippen LogP contribution in [0.2, 0.25) is 0 Å². The fourth-order valence-corrected chi connectivity index (χ4v) is 11.1. The molecule has 3 aliphatic rings. The summed E-state index contributed by atoms with van der Waals surface area (Å²) in [5, 5.41) is 15.4. The number of allylic oxidation sites excluding steroid dienone is 1. The molecule has 6 amide bonds. The minimum atomic E-state index is -4.18. The highest BCUT2D eigenvalue weighted by Gasteiger charge is 2.42. The fourth-order valence-electron chi connectivity index (χ4n) is 10.2. The summed E-state index contributed by atoms with van der Waals surface area (Å²) in [5.74, 6) is -2.66. The molecular formula is C56H70F3N9O7S. The number of hydrogen-bond donors (Lipinski definition) is 5. The maximum absolute atomic E-state index is 14.3. The molecule has 1 aliphatic heterocycles. The molecule has 76 heavy (non-hydrogen) atoms. The molecule has 3 heterocycles. The normalized spacial score (nSPS) is 18.9. The first kappa shape index (κ1) is 57.0. The van der Waals surface area contributed by atoms with E-state index in [1.807, 2.05) is 54.6 Å². The summed E-state index contributed by atoms with van der Waals surface area (Å²) in [6, 6.07) is 16.2. The first-order valence-corrected chi connectivity index (χ1v) is 27.2. The number of anilines is 2. The highest BCUT2D eigenvalue weighted by atomic mass is 32.1. The Morgan fingerprint density at radius 1 is 0.908 bits per heavy atom. The zero-order valence-electron chi connectivity index (χ0n) is 43.7. The second kappa shape index (κ2) is 26.9. The van der Waals surface area contributed by atoms with Crippen molar-refractivity contribution in [3.63, 3.8) is 0 Å².